The van der Waals surface area contributed by atoms with Crippen LogP contribution in [0, 0.1) is 0 Å². The monoisotopic (exact) mass is 448 g/mol. The van der Waals surface area contributed by atoms with Crippen LogP contribution in [0.1, 0.15) is 25.1 Å². The van der Waals surface area contributed by atoms with E-state index in [9.17, 15) is 9.59 Å². The van der Waals surface area contributed by atoms with Gasteiger partial charge >= 0.3 is 0 Å². The van der Waals surface area contributed by atoms with Gasteiger partial charge in [0.25, 0.3) is 11.8 Å². The number of carbonyl (C=O) groups excluding carboxylic acids is 2. The summed E-state index contributed by atoms with van der Waals surface area (Å²) in [7, 11) is 0. The van der Waals surface area contributed by atoms with Gasteiger partial charge in [-0.15, -0.1) is 11.3 Å². The molecule has 0 bridgehead atoms. The third kappa shape index (κ3) is 4.66. The molecule has 2 amide bonds. The minimum Gasteiger partial charge on any atom is -0.379 e. The van der Waals surface area contributed by atoms with E-state index < -0.39 is 0 Å². The van der Waals surface area contributed by atoms with Crippen LogP contribution in [0.25, 0.3) is 5.57 Å². The molecule has 7 heteroatoms. The highest BCUT2D eigenvalue weighted by atomic mass is 79.9. The summed E-state index contributed by atoms with van der Waals surface area (Å²) >= 11 is 4.87. The van der Waals surface area contributed by atoms with Crippen LogP contribution in [-0.4, -0.2) is 36.0 Å². The molecule has 0 unspecified atom stereocenters. The lowest BCUT2D eigenvalue weighted by Crippen LogP contribution is -2.34. The summed E-state index contributed by atoms with van der Waals surface area (Å²) in [4.78, 5) is 28.0. The normalized spacial score (nSPS) is 14.6. The molecule has 1 aliphatic heterocycles. The lowest BCUT2D eigenvalue weighted by molar-refractivity contribution is -0.137. The average Bonchev–Trinajstić information content (AvgIpc) is 3.21. The zero-order valence-corrected chi connectivity index (χ0v) is 17.6. The first-order valence-electron chi connectivity index (χ1n) is 8.76. The molecule has 0 atom stereocenters. The molecule has 2 aromatic rings. The molecule has 3 rings (SSSR count). The van der Waals surface area contributed by atoms with Crippen molar-refractivity contribution in [2.24, 2.45) is 0 Å². The summed E-state index contributed by atoms with van der Waals surface area (Å²) in [5.41, 5.74) is 1.50. The minimum absolute atomic E-state index is 0.128. The fourth-order valence-corrected chi connectivity index (χ4v) is 3.96. The molecular formula is C20H21BrN2O3S. The molecule has 27 heavy (non-hydrogen) atoms. The summed E-state index contributed by atoms with van der Waals surface area (Å²) in [6, 6.07) is 11.2. The van der Waals surface area contributed by atoms with Crippen molar-refractivity contribution in [1.82, 2.24) is 4.90 Å². The minimum atomic E-state index is -0.298. The number of rotatable bonds is 8. The number of halogens is 1. The Kier molecular flexibility index (Phi) is 6.46. The fraction of sp³-hybridized carbons (Fsp3) is 0.300. The second kappa shape index (κ2) is 8.82. The summed E-state index contributed by atoms with van der Waals surface area (Å²) in [6.07, 6.45) is 0.737. The number of anilines is 1. The van der Waals surface area contributed by atoms with Crippen molar-refractivity contribution in [3.05, 3.63) is 56.8 Å². The molecule has 142 valence electrons. The maximum Gasteiger partial charge on any atom is 0.278 e. The number of ether oxygens (including phenoxy) is 1. The van der Waals surface area contributed by atoms with Gasteiger partial charge in [-0.25, -0.2) is 0 Å². The lowest BCUT2D eigenvalue weighted by atomic mass is 10.2. The lowest BCUT2D eigenvalue weighted by Gasteiger charge is -2.16. The SMILES string of the molecule is CC(C)OCCCN1C(=O)C(Nc2cccc(Br)c2)=C(c2cccs2)C1=O. The van der Waals surface area contributed by atoms with Crippen LogP contribution < -0.4 is 5.32 Å². The number of hydrogen-bond acceptors (Lipinski definition) is 5. The fourth-order valence-electron chi connectivity index (χ4n) is 2.80. The highest BCUT2D eigenvalue weighted by Crippen LogP contribution is 2.33. The smallest absolute Gasteiger partial charge is 0.278 e. The number of nitrogens with zero attached hydrogens (tertiary/aromatic N) is 1. The van der Waals surface area contributed by atoms with Crippen LogP contribution >= 0.6 is 27.3 Å². The topological polar surface area (TPSA) is 58.6 Å². The van der Waals surface area contributed by atoms with E-state index in [0.717, 1.165) is 15.0 Å². The third-order valence-electron chi connectivity index (χ3n) is 4.01. The Bertz CT molecular complexity index is 862. The molecule has 0 radical (unpaired) electrons. The summed E-state index contributed by atoms with van der Waals surface area (Å²) in [5.74, 6) is -0.558. The quantitative estimate of drug-likeness (QED) is 0.476. The number of nitrogens with one attached hydrogen (secondary N) is 1. The Morgan fingerprint density at radius 1 is 1.19 bits per heavy atom. The van der Waals surface area contributed by atoms with Gasteiger partial charge < -0.3 is 10.1 Å². The van der Waals surface area contributed by atoms with Crippen LogP contribution in [0.2, 0.25) is 0 Å². The van der Waals surface area contributed by atoms with E-state index in [-0.39, 0.29) is 17.9 Å². The molecule has 1 aromatic carbocycles. The Hall–Kier alpha value is -1.96. The third-order valence-corrected chi connectivity index (χ3v) is 5.39. The zero-order valence-electron chi connectivity index (χ0n) is 15.2. The molecule has 1 aromatic heterocycles. The van der Waals surface area contributed by atoms with Crippen molar-refractivity contribution in [1.29, 1.82) is 0 Å². The van der Waals surface area contributed by atoms with Gasteiger partial charge in [0.05, 0.1) is 11.7 Å². The molecule has 1 N–H and O–H groups in total. The molecule has 0 fully saturated rings. The first-order valence-corrected chi connectivity index (χ1v) is 10.4. The zero-order chi connectivity index (χ0) is 19.4. The molecule has 2 heterocycles. The van der Waals surface area contributed by atoms with E-state index in [2.05, 4.69) is 21.2 Å². The van der Waals surface area contributed by atoms with E-state index >= 15 is 0 Å². The van der Waals surface area contributed by atoms with Gasteiger partial charge in [0, 0.05) is 28.2 Å². The van der Waals surface area contributed by atoms with Gasteiger partial charge in [0.2, 0.25) is 0 Å². The van der Waals surface area contributed by atoms with Crippen molar-refractivity contribution >= 4 is 50.3 Å². The second-order valence-electron chi connectivity index (χ2n) is 6.40. The molecule has 0 aliphatic carbocycles. The van der Waals surface area contributed by atoms with Crippen LogP contribution in [0.15, 0.2) is 51.9 Å². The predicted octanol–water partition coefficient (Wildman–Crippen LogP) is 4.52. The molecule has 0 spiro atoms. The van der Waals surface area contributed by atoms with Gasteiger partial charge in [-0.2, -0.15) is 0 Å². The highest BCUT2D eigenvalue weighted by Gasteiger charge is 2.39. The summed E-state index contributed by atoms with van der Waals surface area (Å²) < 4.78 is 6.42. The predicted molar refractivity (Wildman–Crippen MR) is 111 cm³/mol. The van der Waals surface area contributed by atoms with Crippen molar-refractivity contribution < 1.29 is 14.3 Å². The van der Waals surface area contributed by atoms with Gasteiger partial charge in [0.15, 0.2) is 0 Å². The summed E-state index contributed by atoms with van der Waals surface area (Å²) in [6.45, 7) is 4.77. The highest BCUT2D eigenvalue weighted by molar-refractivity contribution is 9.10. The maximum atomic E-state index is 13.0. The van der Waals surface area contributed by atoms with Gasteiger partial charge in [-0.05, 0) is 49.9 Å². The van der Waals surface area contributed by atoms with Gasteiger partial charge in [-0.1, -0.05) is 28.1 Å². The largest absolute Gasteiger partial charge is 0.379 e. The number of imide groups is 1. The van der Waals surface area contributed by atoms with Crippen molar-refractivity contribution in [3.8, 4) is 0 Å². The van der Waals surface area contributed by atoms with E-state index in [0.29, 0.717) is 30.8 Å². The second-order valence-corrected chi connectivity index (χ2v) is 8.26. The average molecular weight is 449 g/mol. The number of carbonyl (C=O) groups is 2. The van der Waals surface area contributed by atoms with Crippen molar-refractivity contribution in [2.45, 2.75) is 26.4 Å². The van der Waals surface area contributed by atoms with E-state index in [1.807, 2.05) is 55.6 Å². The summed E-state index contributed by atoms with van der Waals surface area (Å²) in [5, 5.41) is 5.05. The molecule has 5 nitrogen and oxygen atoms in total. The molecule has 0 saturated heterocycles. The van der Waals surface area contributed by atoms with E-state index in [4.69, 9.17) is 4.74 Å². The molecule has 0 saturated carbocycles. The molecule has 1 aliphatic rings. The van der Waals surface area contributed by atoms with Crippen molar-refractivity contribution in [3.63, 3.8) is 0 Å². The Labute approximate surface area is 171 Å². The maximum absolute atomic E-state index is 13.0. The number of amides is 2. The Morgan fingerprint density at radius 3 is 2.67 bits per heavy atom. The van der Waals surface area contributed by atoms with Gasteiger partial charge in [-0.3, -0.25) is 14.5 Å². The number of hydrogen-bond donors (Lipinski definition) is 1. The number of benzene rings is 1. The standard InChI is InChI=1S/C20H21BrN2O3S/c1-13(2)26-10-5-9-23-19(24)17(16-8-4-11-27-16)18(20(23)25)22-15-7-3-6-14(21)12-15/h3-4,6-8,11-13,22H,5,9-10H2,1-2H3. The van der Waals surface area contributed by atoms with Crippen LogP contribution in [0.4, 0.5) is 5.69 Å². The van der Waals surface area contributed by atoms with E-state index in [1.165, 1.54) is 16.2 Å². The first-order chi connectivity index (χ1) is 13.0. The number of thiophene rings is 1. The Morgan fingerprint density at radius 2 is 2.00 bits per heavy atom. The van der Waals surface area contributed by atoms with Gasteiger partial charge in [0.1, 0.15) is 5.70 Å². The van der Waals surface area contributed by atoms with Crippen molar-refractivity contribution in [2.75, 3.05) is 18.5 Å². The van der Waals surface area contributed by atoms with E-state index in [1.54, 1.807) is 0 Å². The first kappa shape index (κ1) is 19.8. The van der Waals surface area contributed by atoms with Crippen LogP contribution in [0.3, 0.4) is 0 Å². The van der Waals surface area contributed by atoms with Crippen LogP contribution in [-0.2, 0) is 14.3 Å². The Balaban J connectivity index is 1.84. The molecular weight excluding hydrogens is 428 g/mol. The van der Waals surface area contributed by atoms with Crippen LogP contribution in [0.5, 0.6) is 0 Å².